The van der Waals surface area contributed by atoms with Gasteiger partial charge in [-0.15, -0.1) is 0 Å². The summed E-state index contributed by atoms with van der Waals surface area (Å²) in [6, 6.07) is 0. The molecular formula is C9H11F3O2S. The third kappa shape index (κ3) is 2.09. The Bertz CT molecular complexity index is 406. The van der Waals surface area contributed by atoms with E-state index in [9.17, 15) is 21.6 Å². The molecule has 2 unspecified atom stereocenters. The van der Waals surface area contributed by atoms with Crippen LogP contribution in [0.25, 0.3) is 0 Å². The highest BCUT2D eigenvalue weighted by Crippen LogP contribution is 2.42. The van der Waals surface area contributed by atoms with Gasteiger partial charge in [0.15, 0.2) is 9.84 Å². The molecule has 0 aromatic rings. The molecule has 0 N–H and O–H groups in total. The minimum Gasteiger partial charge on any atom is -0.228 e. The Balaban J connectivity index is 3.29. The quantitative estimate of drug-likeness (QED) is 0.703. The molecule has 1 aliphatic rings. The molecule has 1 aliphatic carbocycles. The number of halogens is 3. The predicted molar refractivity (Wildman–Crippen MR) is 51.1 cm³/mol. The lowest BCUT2D eigenvalue weighted by atomic mass is 9.88. The molecule has 86 valence electrons. The standard InChI is InChI=1S/C9H11F3O2S/c1-8(15(2,13)14)6-4-3-5-7(8)9(10,11)12/h3-7H,1-2H3. The molecule has 0 saturated heterocycles. The highest BCUT2D eigenvalue weighted by Gasteiger charge is 2.54. The minimum atomic E-state index is -4.56. The van der Waals surface area contributed by atoms with Crippen molar-refractivity contribution in [2.45, 2.75) is 17.8 Å². The summed E-state index contributed by atoms with van der Waals surface area (Å²) in [5.41, 5.74) is 0. The van der Waals surface area contributed by atoms with Gasteiger partial charge in [-0.05, 0) is 6.92 Å². The highest BCUT2D eigenvalue weighted by atomic mass is 32.2. The maximum Gasteiger partial charge on any atom is 0.396 e. The second-order valence-electron chi connectivity index (χ2n) is 3.72. The number of rotatable bonds is 1. The number of alkyl halides is 3. The SMILES string of the molecule is CC1(S(C)(=O)=O)C=CC=CC1C(F)(F)F. The number of allylic oxidation sites excluding steroid dienone is 3. The second kappa shape index (κ2) is 3.37. The van der Waals surface area contributed by atoms with Crippen molar-refractivity contribution in [3.63, 3.8) is 0 Å². The molecule has 6 heteroatoms. The smallest absolute Gasteiger partial charge is 0.228 e. The van der Waals surface area contributed by atoms with Crippen molar-refractivity contribution in [2.75, 3.05) is 6.26 Å². The molecule has 0 heterocycles. The van der Waals surface area contributed by atoms with Crippen LogP contribution in [0.2, 0.25) is 0 Å². The van der Waals surface area contributed by atoms with Crippen molar-refractivity contribution in [3.8, 4) is 0 Å². The minimum absolute atomic E-state index is 0.815. The van der Waals surface area contributed by atoms with Crippen molar-refractivity contribution in [1.29, 1.82) is 0 Å². The summed E-state index contributed by atoms with van der Waals surface area (Å²) in [4.78, 5) is 0. The van der Waals surface area contributed by atoms with E-state index in [-0.39, 0.29) is 0 Å². The van der Waals surface area contributed by atoms with Crippen molar-refractivity contribution in [3.05, 3.63) is 24.3 Å². The third-order valence-electron chi connectivity index (χ3n) is 2.61. The van der Waals surface area contributed by atoms with Crippen molar-refractivity contribution < 1.29 is 21.6 Å². The molecule has 0 amide bonds. The van der Waals surface area contributed by atoms with Crippen LogP contribution in [-0.4, -0.2) is 25.6 Å². The second-order valence-corrected chi connectivity index (χ2v) is 6.14. The molecule has 0 spiro atoms. The van der Waals surface area contributed by atoms with E-state index < -0.39 is 26.7 Å². The number of hydrogen-bond donors (Lipinski definition) is 0. The van der Waals surface area contributed by atoms with Crippen LogP contribution in [0, 0.1) is 5.92 Å². The Morgan fingerprint density at radius 3 is 2.13 bits per heavy atom. The van der Waals surface area contributed by atoms with Crippen molar-refractivity contribution in [1.82, 2.24) is 0 Å². The summed E-state index contributed by atoms with van der Waals surface area (Å²) in [7, 11) is -3.82. The zero-order chi connectivity index (χ0) is 11.9. The van der Waals surface area contributed by atoms with Crippen LogP contribution in [0.4, 0.5) is 13.2 Å². The molecule has 0 saturated carbocycles. The Morgan fingerprint density at radius 1 is 1.27 bits per heavy atom. The molecule has 0 fully saturated rings. The van der Waals surface area contributed by atoms with Gasteiger partial charge in [0.25, 0.3) is 0 Å². The van der Waals surface area contributed by atoms with Gasteiger partial charge in [-0.25, -0.2) is 8.42 Å². The van der Waals surface area contributed by atoms with E-state index in [1.54, 1.807) is 0 Å². The molecule has 1 rings (SSSR count). The number of sulfone groups is 1. The first-order chi connectivity index (χ1) is 6.59. The van der Waals surface area contributed by atoms with Gasteiger partial charge in [0, 0.05) is 6.26 Å². The maximum atomic E-state index is 12.6. The Hall–Kier alpha value is -0.780. The van der Waals surface area contributed by atoms with E-state index in [0.29, 0.717) is 0 Å². The summed E-state index contributed by atoms with van der Waals surface area (Å²) in [6.07, 6.45) is 0.754. The molecule has 2 atom stereocenters. The lowest BCUT2D eigenvalue weighted by Gasteiger charge is -2.34. The monoisotopic (exact) mass is 240 g/mol. The van der Waals surface area contributed by atoms with Crippen LogP contribution in [0.15, 0.2) is 24.3 Å². The highest BCUT2D eigenvalue weighted by molar-refractivity contribution is 7.92. The summed E-state index contributed by atoms with van der Waals surface area (Å²) in [6.45, 7) is 1.08. The fraction of sp³-hybridized carbons (Fsp3) is 0.556. The fourth-order valence-electron chi connectivity index (χ4n) is 1.50. The van der Waals surface area contributed by atoms with Crippen LogP contribution < -0.4 is 0 Å². The van der Waals surface area contributed by atoms with Crippen molar-refractivity contribution in [2.24, 2.45) is 5.92 Å². The van der Waals surface area contributed by atoms with E-state index in [4.69, 9.17) is 0 Å². The van der Waals surface area contributed by atoms with Crippen LogP contribution in [-0.2, 0) is 9.84 Å². The lowest BCUT2D eigenvalue weighted by molar-refractivity contribution is -0.165. The predicted octanol–water partition coefficient (Wildman–Crippen LogP) is 2.09. The first-order valence-corrected chi connectivity index (χ1v) is 6.10. The van der Waals surface area contributed by atoms with Gasteiger partial charge in [-0.1, -0.05) is 24.3 Å². The molecule has 0 aromatic carbocycles. The summed E-state index contributed by atoms with van der Waals surface area (Å²) in [5.74, 6) is -1.98. The fourth-order valence-corrected chi connectivity index (χ4v) is 2.50. The van der Waals surface area contributed by atoms with Crippen LogP contribution in [0.1, 0.15) is 6.92 Å². The zero-order valence-electron chi connectivity index (χ0n) is 8.25. The van der Waals surface area contributed by atoms with E-state index >= 15 is 0 Å². The van der Waals surface area contributed by atoms with Crippen LogP contribution in [0.3, 0.4) is 0 Å². The average Bonchev–Trinajstić information content (AvgIpc) is 2.00. The van der Waals surface area contributed by atoms with E-state index in [2.05, 4.69) is 0 Å². The normalized spacial score (nSPS) is 31.9. The summed E-state index contributed by atoms with van der Waals surface area (Å²) < 4.78 is 58.7. The van der Waals surface area contributed by atoms with Gasteiger partial charge < -0.3 is 0 Å². The van der Waals surface area contributed by atoms with E-state index in [1.807, 2.05) is 0 Å². The van der Waals surface area contributed by atoms with Gasteiger partial charge in [0.1, 0.15) is 4.75 Å². The molecule has 0 radical (unpaired) electrons. The Kier molecular flexibility index (Phi) is 2.76. The molecule has 15 heavy (non-hydrogen) atoms. The molecule has 0 bridgehead atoms. The number of hydrogen-bond acceptors (Lipinski definition) is 2. The lowest BCUT2D eigenvalue weighted by Crippen LogP contribution is -2.47. The summed E-state index contributed by atoms with van der Waals surface area (Å²) in [5, 5.41) is 0. The van der Waals surface area contributed by atoms with Crippen LogP contribution in [0.5, 0.6) is 0 Å². The largest absolute Gasteiger partial charge is 0.396 e. The Labute approximate surface area is 86.4 Å². The zero-order valence-corrected chi connectivity index (χ0v) is 9.06. The maximum absolute atomic E-state index is 12.6. The molecular weight excluding hydrogens is 229 g/mol. The molecule has 0 aromatic heterocycles. The van der Waals surface area contributed by atoms with Crippen LogP contribution >= 0.6 is 0 Å². The molecule has 2 nitrogen and oxygen atoms in total. The van der Waals surface area contributed by atoms with E-state index in [0.717, 1.165) is 25.3 Å². The third-order valence-corrected chi connectivity index (χ3v) is 4.60. The first-order valence-electron chi connectivity index (χ1n) is 4.21. The summed E-state index contributed by atoms with van der Waals surface area (Å²) >= 11 is 0. The van der Waals surface area contributed by atoms with Gasteiger partial charge in [-0.2, -0.15) is 13.2 Å². The molecule has 0 aliphatic heterocycles. The van der Waals surface area contributed by atoms with Gasteiger partial charge >= 0.3 is 6.18 Å². The van der Waals surface area contributed by atoms with Gasteiger partial charge in [0.05, 0.1) is 5.92 Å². The first kappa shape index (κ1) is 12.3. The Morgan fingerprint density at radius 2 is 1.80 bits per heavy atom. The van der Waals surface area contributed by atoms with Gasteiger partial charge in [-0.3, -0.25) is 0 Å². The van der Waals surface area contributed by atoms with Crippen molar-refractivity contribution >= 4 is 9.84 Å². The average molecular weight is 240 g/mol. The van der Waals surface area contributed by atoms with E-state index in [1.165, 1.54) is 12.2 Å². The van der Waals surface area contributed by atoms with Gasteiger partial charge in [0.2, 0.25) is 0 Å². The topological polar surface area (TPSA) is 34.1 Å².